The van der Waals surface area contributed by atoms with E-state index in [-0.39, 0.29) is 0 Å². The normalized spacial score (nSPS) is 11.7. The molecule has 7 heteroatoms. The van der Waals surface area contributed by atoms with Crippen LogP contribution < -0.4 is 10.6 Å². The van der Waals surface area contributed by atoms with Crippen LogP contribution in [-0.4, -0.2) is 23.1 Å². The first kappa shape index (κ1) is 15.0. The van der Waals surface area contributed by atoms with Crippen molar-refractivity contribution in [2.24, 2.45) is 0 Å². The summed E-state index contributed by atoms with van der Waals surface area (Å²) in [6.45, 7) is 1.69. The molecule has 0 aliphatic rings. The number of aliphatic carboxylic acids is 1. The van der Waals surface area contributed by atoms with Crippen molar-refractivity contribution in [3.05, 3.63) is 27.1 Å². The molecule has 0 bridgehead atoms. The van der Waals surface area contributed by atoms with Crippen LogP contribution in [0.5, 0.6) is 0 Å². The minimum atomic E-state index is -1.06. The van der Waals surface area contributed by atoms with Crippen LogP contribution in [0, 0.1) is 0 Å². The van der Waals surface area contributed by atoms with Crippen molar-refractivity contribution in [1.82, 2.24) is 5.32 Å². The second-order valence-electron chi connectivity index (χ2n) is 3.49. The molecule has 2 amide bonds. The fraction of sp³-hybridized carbons (Fsp3) is 0.273. The number of para-hydroxylation sites is 1. The molecule has 1 aromatic rings. The third-order valence-corrected chi connectivity index (χ3v) is 3.53. The number of hydrogen-bond donors (Lipinski definition) is 3. The summed E-state index contributed by atoms with van der Waals surface area (Å²) in [7, 11) is 0. The molecule has 0 radical (unpaired) electrons. The predicted molar refractivity (Wildman–Crippen MR) is 75.7 cm³/mol. The van der Waals surface area contributed by atoms with Gasteiger partial charge in [0, 0.05) is 8.95 Å². The van der Waals surface area contributed by atoms with Gasteiger partial charge in [0.25, 0.3) is 0 Å². The Bertz CT molecular complexity index is 445. The molecule has 0 aliphatic carbocycles. The zero-order chi connectivity index (χ0) is 13.7. The van der Waals surface area contributed by atoms with E-state index in [2.05, 4.69) is 42.5 Å². The SMILES string of the molecule is CC[C@@H](NC(=O)Nc1c(Br)cccc1Br)C(=O)O. The Hall–Kier alpha value is -1.08. The monoisotopic (exact) mass is 378 g/mol. The molecule has 5 nitrogen and oxygen atoms in total. The lowest BCUT2D eigenvalue weighted by Crippen LogP contribution is -2.42. The highest BCUT2D eigenvalue weighted by Crippen LogP contribution is 2.30. The summed E-state index contributed by atoms with van der Waals surface area (Å²) in [5, 5.41) is 13.8. The third kappa shape index (κ3) is 3.99. The van der Waals surface area contributed by atoms with Gasteiger partial charge in [0.05, 0.1) is 5.69 Å². The van der Waals surface area contributed by atoms with Gasteiger partial charge in [-0.1, -0.05) is 13.0 Å². The summed E-state index contributed by atoms with van der Waals surface area (Å²) in [4.78, 5) is 22.5. The van der Waals surface area contributed by atoms with E-state index in [1.165, 1.54) is 0 Å². The lowest BCUT2D eigenvalue weighted by atomic mass is 10.2. The Morgan fingerprint density at radius 1 is 1.33 bits per heavy atom. The molecule has 0 saturated carbocycles. The van der Waals surface area contributed by atoms with Crippen molar-refractivity contribution >= 4 is 49.5 Å². The molecule has 0 aliphatic heterocycles. The van der Waals surface area contributed by atoms with Gasteiger partial charge in [-0.05, 0) is 50.4 Å². The van der Waals surface area contributed by atoms with Crippen molar-refractivity contribution in [2.75, 3.05) is 5.32 Å². The summed E-state index contributed by atoms with van der Waals surface area (Å²) >= 11 is 6.60. The van der Waals surface area contributed by atoms with Gasteiger partial charge >= 0.3 is 12.0 Å². The van der Waals surface area contributed by atoms with Crippen molar-refractivity contribution in [3.63, 3.8) is 0 Å². The van der Waals surface area contributed by atoms with Crippen molar-refractivity contribution in [2.45, 2.75) is 19.4 Å². The standard InChI is InChI=1S/C11H12Br2N2O3/c1-2-8(10(16)17)14-11(18)15-9-6(12)4-3-5-7(9)13/h3-5,8H,2H2,1H3,(H,16,17)(H2,14,15,18)/t8-/m1/s1. The number of carbonyl (C=O) groups excluding carboxylic acids is 1. The number of carboxylic acids is 1. The summed E-state index contributed by atoms with van der Waals surface area (Å²) in [6.07, 6.45) is 0.319. The molecule has 0 heterocycles. The number of benzene rings is 1. The van der Waals surface area contributed by atoms with E-state index in [9.17, 15) is 9.59 Å². The Kier molecular flexibility index (Phi) is 5.61. The molecule has 1 aromatic carbocycles. The van der Waals surface area contributed by atoms with E-state index in [0.717, 1.165) is 0 Å². The number of amides is 2. The predicted octanol–water partition coefficient (Wildman–Crippen LogP) is 3.20. The molecule has 0 aromatic heterocycles. The number of rotatable bonds is 4. The van der Waals surface area contributed by atoms with Crippen LogP contribution in [0.3, 0.4) is 0 Å². The highest BCUT2D eigenvalue weighted by Gasteiger charge is 2.18. The van der Waals surface area contributed by atoms with Crippen LogP contribution in [0.2, 0.25) is 0 Å². The third-order valence-electron chi connectivity index (χ3n) is 2.21. The smallest absolute Gasteiger partial charge is 0.326 e. The highest BCUT2D eigenvalue weighted by molar-refractivity contribution is 9.11. The maximum Gasteiger partial charge on any atom is 0.326 e. The van der Waals surface area contributed by atoms with Gasteiger partial charge in [0.15, 0.2) is 0 Å². The first-order valence-electron chi connectivity index (χ1n) is 5.20. The average Bonchev–Trinajstić information content (AvgIpc) is 2.30. The van der Waals surface area contributed by atoms with Crippen LogP contribution >= 0.6 is 31.9 Å². The molecule has 18 heavy (non-hydrogen) atoms. The summed E-state index contributed by atoms with van der Waals surface area (Å²) < 4.78 is 1.41. The second kappa shape index (κ2) is 6.75. The molecule has 0 saturated heterocycles. The van der Waals surface area contributed by atoms with Crippen molar-refractivity contribution < 1.29 is 14.7 Å². The zero-order valence-corrected chi connectivity index (χ0v) is 12.7. The van der Waals surface area contributed by atoms with Gasteiger partial charge in [-0.15, -0.1) is 0 Å². The Morgan fingerprint density at radius 3 is 2.33 bits per heavy atom. The average molecular weight is 380 g/mol. The van der Waals surface area contributed by atoms with Gasteiger partial charge in [0.1, 0.15) is 6.04 Å². The largest absolute Gasteiger partial charge is 0.480 e. The summed E-state index contributed by atoms with van der Waals surface area (Å²) in [5.74, 6) is -1.06. The molecule has 0 spiro atoms. The minimum Gasteiger partial charge on any atom is -0.480 e. The number of urea groups is 1. The number of anilines is 1. The van der Waals surface area contributed by atoms with E-state index in [0.29, 0.717) is 21.1 Å². The summed E-state index contributed by atoms with van der Waals surface area (Å²) in [5.41, 5.74) is 0.551. The quantitative estimate of drug-likeness (QED) is 0.751. The Balaban J connectivity index is 2.73. The summed E-state index contributed by atoms with van der Waals surface area (Å²) in [6, 6.07) is 3.90. The zero-order valence-electron chi connectivity index (χ0n) is 9.54. The highest BCUT2D eigenvalue weighted by atomic mass is 79.9. The van der Waals surface area contributed by atoms with E-state index in [1.54, 1.807) is 19.1 Å². The Labute approximate surface area is 121 Å². The lowest BCUT2D eigenvalue weighted by Gasteiger charge is -2.14. The molecule has 98 valence electrons. The fourth-order valence-electron chi connectivity index (χ4n) is 1.26. The fourth-order valence-corrected chi connectivity index (χ4v) is 2.46. The topological polar surface area (TPSA) is 78.4 Å². The van der Waals surface area contributed by atoms with Crippen molar-refractivity contribution in [3.8, 4) is 0 Å². The van der Waals surface area contributed by atoms with Gasteiger partial charge in [-0.2, -0.15) is 0 Å². The van der Waals surface area contributed by atoms with Crippen LogP contribution in [0.25, 0.3) is 0 Å². The first-order chi connectivity index (χ1) is 8.45. The van der Waals surface area contributed by atoms with E-state index >= 15 is 0 Å². The molecule has 3 N–H and O–H groups in total. The minimum absolute atomic E-state index is 0.319. The van der Waals surface area contributed by atoms with Gasteiger partial charge in [-0.3, -0.25) is 0 Å². The number of hydrogen-bond acceptors (Lipinski definition) is 2. The number of carboxylic acid groups (broad SMARTS) is 1. The van der Waals surface area contributed by atoms with Gasteiger partial charge in [-0.25, -0.2) is 9.59 Å². The lowest BCUT2D eigenvalue weighted by molar-refractivity contribution is -0.139. The van der Waals surface area contributed by atoms with Crippen LogP contribution in [-0.2, 0) is 4.79 Å². The Morgan fingerprint density at radius 2 is 1.89 bits per heavy atom. The molecule has 1 atom stereocenters. The number of nitrogens with one attached hydrogen (secondary N) is 2. The molecule has 1 rings (SSSR count). The molecular weight excluding hydrogens is 368 g/mol. The maximum absolute atomic E-state index is 11.7. The molecular formula is C11H12Br2N2O3. The van der Waals surface area contributed by atoms with Crippen LogP contribution in [0.1, 0.15) is 13.3 Å². The maximum atomic E-state index is 11.7. The van der Waals surface area contributed by atoms with Crippen LogP contribution in [0.15, 0.2) is 27.1 Å². The first-order valence-corrected chi connectivity index (χ1v) is 6.78. The van der Waals surface area contributed by atoms with Crippen LogP contribution in [0.4, 0.5) is 10.5 Å². The van der Waals surface area contributed by atoms with Crippen molar-refractivity contribution in [1.29, 1.82) is 0 Å². The van der Waals surface area contributed by atoms with Gasteiger partial charge < -0.3 is 15.7 Å². The molecule has 0 unspecified atom stereocenters. The molecule has 0 fully saturated rings. The van der Waals surface area contributed by atoms with Gasteiger partial charge in [0.2, 0.25) is 0 Å². The number of halogens is 2. The van der Waals surface area contributed by atoms with E-state index in [1.807, 2.05) is 6.07 Å². The van der Waals surface area contributed by atoms with E-state index in [4.69, 9.17) is 5.11 Å². The second-order valence-corrected chi connectivity index (χ2v) is 5.20. The number of carbonyl (C=O) groups is 2. The van der Waals surface area contributed by atoms with E-state index < -0.39 is 18.0 Å².